The summed E-state index contributed by atoms with van der Waals surface area (Å²) in [6.45, 7) is 2.04. The fourth-order valence-electron chi connectivity index (χ4n) is 3.86. The number of rotatable bonds is 6. The molecule has 2 aromatic heterocycles. The summed E-state index contributed by atoms with van der Waals surface area (Å²) in [5.41, 5.74) is 5.19. The van der Waals surface area contributed by atoms with E-state index in [2.05, 4.69) is 17.1 Å². The quantitative estimate of drug-likeness (QED) is 0.483. The average Bonchev–Trinajstić information content (AvgIpc) is 3.12. The maximum absolute atomic E-state index is 13.5. The molecule has 0 aliphatic carbocycles. The van der Waals surface area contributed by atoms with Gasteiger partial charge in [0.25, 0.3) is 0 Å². The molecule has 2 atom stereocenters. The first-order chi connectivity index (χ1) is 14.5. The van der Waals surface area contributed by atoms with Crippen molar-refractivity contribution in [3.05, 3.63) is 96.2 Å². The lowest BCUT2D eigenvalue weighted by Crippen LogP contribution is -2.16. The summed E-state index contributed by atoms with van der Waals surface area (Å²) in [5.74, 6) is -0.318. The standard InChI is InChI=1S/C25H24FN3O/c1-17(16-18-6-4-3-5-7-18)25(30)24-22(19-12-14-27-15-13-19)23(28-29(24)2)20-8-10-21(26)11-9-20/h3-15,17,25,30H,16H2,1-2H3. The molecule has 2 unspecified atom stereocenters. The van der Waals surface area contributed by atoms with E-state index in [0.717, 1.165) is 28.8 Å². The van der Waals surface area contributed by atoms with Crippen LogP contribution in [0.25, 0.3) is 22.4 Å². The number of aromatic nitrogens is 3. The van der Waals surface area contributed by atoms with Gasteiger partial charge in [-0.15, -0.1) is 0 Å². The van der Waals surface area contributed by atoms with Crippen molar-refractivity contribution in [2.75, 3.05) is 0 Å². The van der Waals surface area contributed by atoms with Gasteiger partial charge in [0.1, 0.15) is 11.5 Å². The molecular formula is C25H24FN3O. The molecule has 0 amide bonds. The van der Waals surface area contributed by atoms with Crippen molar-refractivity contribution in [1.29, 1.82) is 0 Å². The van der Waals surface area contributed by atoms with Gasteiger partial charge in [0.05, 0.1) is 11.8 Å². The first kappa shape index (κ1) is 20.0. The first-order valence-corrected chi connectivity index (χ1v) is 10.00. The number of aliphatic hydroxyl groups is 1. The number of hydrogen-bond donors (Lipinski definition) is 1. The molecule has 0 fully saturated rings. The molecule has 4 nitrogen and oxygen atoms in total. The minimum absolute atomic E-state index is 0.0237. The lowest BCUT2D eigenvalue weighted by atomic mass is 9.89. The van der Waals surface area contributed by atoms with E-state index in [4.69, 9.17) is 5.10 Å². The van der Waals surface area contributed by atoms with Crippen LogP contribution in [0.4, 0.5) is 4.39 Å². The second kappa shape index (κ2) is 8.59. The molecule has 0 spiro atoms. The van der Waals surface area contributed by atoms with E-state index in [1.807, 2.05) is 44.3 Å². The Morgan fingerprint density at radius 1 is 0.933 bits per heavy atom. The summed E-state index contributed by atoms with van der Waals surface area (Å²) in [6.07, 6.45) is 3.47. The normalized spacial score (nSPS) is 13.2. The highest BCUT2D eigenvalue weighted by Gasteiger charge is 2.28. The SMILES string of the molecule is CC(Cc1ccccc1)C(O)c1c(-c2ccncc2)c(-c2ccc(F)cc2)nn1C. The Labute approximate surface area is 175 Å². The number of pyridine rings is 1. The fourth-order valence-corrected chi connectivity index (χ4v) is 3.86. The zero-order valence-corrected chi connectivity index (χ0v) is 17.0. The van der Waals surface area contributed by atoms with Crippen LogP contribution in [0.3, 0.4) is 0 Å². The van der Waals surface area contributed by atoms with E-state index in [1.165, 1.54) is 17.7 Å². The van der Waals surface area contributed by atoms with E-state index in [0.29, 0.717) is 5.69 Å². The van der Waals surface area contributed by atoms with Crippen LogP contribution in [-0.4, -0.2) is 19.9 Å². The van der Waals surface area contributed by atoms with Gasteiger partial charge >= 0.3 is 0 Å². The summed E-state index contributed by atoms with van der Waals surface area (Å²) in [4.78, 5) is 4.12. The van der Waals surface area contributed by atoms with Gasteiger partial charge in [0.15, 0.2) is 0 Å². The maximum Gasteiger partial charge on any atom is 0.123 e. The zero-order valence-electron chi connectivity index (χ0n) is 17.0. The third-order valence-electron chi connectivity index (χ3n) is 5.40. The van der Waals surface area contributed by atoms with Gasteiger partial charge in [-0.2, -0.15) is 5.10 Å². The first-order valence-electron chi connectivity index (χ1n) is 10.00. The lowest BCUT2D eigenvalue weighted by Gasteiger charge is -2.21. The minimum Gasteiger partial charge on any atom is -0.387 e. The Bertz CT molecular complexity index is 1110. The van der Waals surface area contributed by atoms with Gasteiger partial charge in [-0.1, -0.05) is 37.3 Å². The average molecular weight is 401 g/mol. The van der Waals surface area contributed by atoms with Crippen LogP contribution in [0.2, 0.25) is 0 Å². The van der Waals surface area contributed by atoms with Crippen LogP contribution in [0.5, 0.6) is 0 Å². The third kappa shape index (κ3) is 4.02. The summed E-state index contributed by atoms with van der Waals surface area (Å²) in [6, 6.07) is 20.2. The van der Waals surface area contributed by atoms with Crippen molar-refractivity contribution in [2.45, 2.75) is 19.4 Å². The molecule has 0 saturated heterocycles. The van der Waals surface area contributed by atoms with E-state index in [-0.39, 0.29) is 11.7 Å². The smallest absolute Gasteiger partial charge is 0.123 e. The fraction of sp³-hybridized carbons (Fsp3) is 0.200. The van der Waals surface area contributed by atoms with Gasteiger partial charge in [0.2, 0.25) is 0 Å². The summed E-state index contributed by atoms with van der Waals surface area (Å²) in [7, 11) is 1.84. The molecule has 0 bridgehead atoms. The largest absolute Gasteiger partial charge is 0.387 e. The maximum atomic E-state index is 13.5. The van der Waals surface area contributed by atoms with Crippen LogP contribution >= 0.6 is 0 Å². The summed E-state index contributed by atoms with van der Waals surface area (Å²) in [5, 5.41) is 16.1. The predicted molar refractivity (Wildman–Crippen MR) is 116 cm³/mol. The van der Waals surface area contributed by atoms with Gasteiger partial charge in [-0.05, 0) is 59.9 Å². The Morgan fingerprint density at radius 2 is 1.60 bits per heavy atom. The third-order valence-corrected chi connectivity index (χ3v) is 5.40. The van der Waals surface area contributed by atoms with Crippen molar-refractivity contribution in [3.63, 3.8) is 0 Å². The molecule has 30 heavy (non-hydrogen) atoms. The molecule has 1 N–H and O–H groups in total. The Kier molecular flexibility index (Phi) is 5.72. The van der Waals surface area contributed by atoms with Gasteiger partial charge in [-0.25, -0.2) is 4.39 Å². The van der Waals surface area contributed by atoms with Crippen molar-refractivity contribution >= 4 is 0 Å². The van der Waals surface area contributed by atoms with E-state index < -0.39 is 6.10 Å². The van der Waals surface area contributed by atoms with Gasteiger partial charge in [0, 0.05) is 30.6 Å². The molecule has 0 aliphatic heterocycles. The van der Waals surface area contributed by atoms with Crippen molar-refractivity contribution < 1.29 is 9.50 Å². The Hall–Kier alpha value is -3.31. The minimum atomic E-state index is -0.722. The second-order valence-electron chi connectivity index (χ2n) is 7.59. The zero-order chi connectivity index (χ0) is 21.1. The molecule has 4 aromatic rings. The van der Waals surface area contributed by atoms with Crippen molar-refractivity contribution in [2.24, 2.45) is 13.0 Å². The summed E-state index contributed by atoms with van der Waals surface area (Å²) >= 11 is 0. The lowest BCUT2D eigenvalue weighted by molar-refractivity contribution is 0.110. The highest BCUT2D eigenvalue weighted by Crippen LogP contribution is 2.39. The molecule has 5 heteroatoms. The molecule has 0 radical (unpaired) electrons. The molecule has 4 rings (SSSR count). The summed E-state index contributed by atoms with van der Waals surface area (Å²) < 4.78 is 15.2. The van der Waals surface area contributed by atoms with E-state index >= 15 is 0 Å². The second-order valence-corrected chi connectivity index (χ2v) is 7.59. The molecule has 2 heterocycles. The van der Waals surface area contributed by atoms with Crippen LogP contribution in [0.1, 0.15) is 24.3 Å². The topological polar surface area (TPSA) is 50.9 Å². The highest BCUT2D eigenvalue weighted by atomic mass is 19.1. The van der Waals surface area contributed by atoms with Gasteiger partial charge < -0.3 is 5.11 Å². The monoisotopic (exact) mass is 401 g/mol. The Morgan fingerprint density at radius 3 is 2.27 bits per heavy atom. The number of aryl methyl sites for hydroxylation is 1. The highest BCUT2D eigenvalue weighted by molar-refractivity contribution is 5.83. The number of aliphatic hydroxyl groups excluding tert-OH is 1. The van der Waals surface area contributed by atoms with Gasteiger partial charge in [-0.3, -0.25) is 9.67 Å². The molecule has 0 aliphatic rings. The van der Waals surface area contributed by atoms with Crippen molar-refractivity contribution in [1.82, 2.24) is 14.8 Å². The number of halogens is 1. The molecule has 152 valence electrons. The van der Waals surface area contributed by atoms with E-state index in [1.54, 1.807) is 29.2 Å². The number of hydrogen-bond acceptors (Lipinski definition) is 3. The van der Waals surface area contributed by atoms with Crippen molar-refractivity contribution in [3.8, 4) is 22.4 Å². The number of benzene rings is 2. The van der Waals surface area contributed by atoms with Crippen LogP contribution < -0.4 is 0 Å². The predicted octanol–water partition coefficient (Wildman–Crippen LogP) is 5.20. The molecular weight excluding hydrogens is 377 g/mol. The van der Waals surface area contributed by atoms with Crippen LogP contribution in [0, 0.1) is 11.7 Å². The Balaban J connectivity index is 1.80. The van der Waals surface area contributed by atoms with Crippen LogP contribution in [-0.2, 0) is 13.5 Å². The molecule has 2 aromatic carbocycles. The van der Waals surface area contributed by atoms with Crippen LogP contribution in [0.15, 0.2) is 79.1 Å². The molecule has 0 saturated carbocycles. The number of nitrogens with zero attached hydrogens (tertiary/aromatic N) is 3. The van der Waals surface area contributed by atoms with E-state index in [9.17, 15) is 9.50 Å².